The second-order valence-corrected chi connectivity index (χ2v) is 8.43. The fourth-order valence-electron chi connectivity index (χ4n) is 3.41. The number of carbonyl (C=O) groups excluding carboxylic acids is 2. The minimum Gasteiger partial charge on any atom is -0.462 e. The van der Waals surface area contributed by atoms with Crippen molar-refractivity contribution in [1.82, 2.24) is 10.3 Å². The van der Waals surface area contributed by atoms with Crippen LogP contribution in [-0.4, -0.2) is 43.1 Å². The van der Waals surface area contributed by atoms with Crippen LogP contribution < -0.4 is 10.2 Å². The Morgan fingerprint density at radius 3 is 2.62 bits per heavy atom. The van der Waals surface area contributed by atoms with Gasteiger partial charge >= 0.3 is 5.97 Å². The fourth-order valence-corrected chi connectivity index (χ4v) is 4.41. The zero-order valence-electron chi connectivity index (χ0n) is 16.7. The zero-order chi connectivity index (χ0) is 21.1. The molecular formula is C20H25F2N3O3S. The van der Waals surface area contributed by atoms with E-state index >= 15 is 0 Å². The van der Waals surface area contributed by atoms with Gasteiger partial charge in [0, 0.05) is 50.3 Å². The number of amides is 1. The largest absolute Gasteiger partial charge is 0.462 e. The van der Waals surface area contributed by atoms with E-state index in [2.05, 4.69) is 10.3 Å². The Morgan fingerprint density at radius 1 is 1.34 bits per heavy atom. The van der Waals surface area contributed by atoms with Gasteiger partial charge in [0.25, 0.3) is 12.3 Å². The maximum atomic E-state index is 13.6. The Kier molecular flexibility index (Phi) is 6.66. The summed E-state index contributed by atoms with van der Waals surface area (Å²) in [6, 6.07) is 1.40. The highest BCUT2D eigenvalue weighted by Gasteiger charge is 2.26. The lowest BCUT2D eigenvalue weighted by Gasteiger charge is -2.33. The number of nitrogens with zero attached hydrogens (tertiary/aromatic N) is 2. The quantitative estimate of drug-likeness (QED) is 0.704. The number of carbonyl (C=O) groups is 2. The third kappa shape index (κ3) is 4.83. The van der Waals surface area contributed by atoms with E-state index in [0.29, 0.717) is 53.9 Å². The number of piperidine rings is 1. The van der Waals surface area contributed by atoms with Gasteiger partial charge < -0.3 is 15.0 Å². The summed E-state index contributed by atoms with van der Waals surface area (Å²) in [7, 11) is 1.50. The van der Waals surface area contributed by atoms with Crippen LogP contribution in [0.3, 0.4) is 0 Å². The molecule has 0 atom stereocenters. The molecule has 158 valence electrons. The number of alkyl halides is 2. The monoisotopic (exact) mass is 425 g/mol. The zero-order valence-corrected chi connectivity index (χ0v) is 17.5. The lowest BCUT2D eigenvalue weighted by molar-refractivity contribution is -0.150. The molecule has 0 radical (unpaired) electrons. The van der Waals surface area contributed by atoms with Gasteiger partial charge in [-0.05, 0) is 12.0 Å². The fraction of sp³-hybridized carbons (Fsp3) is 0.550. The van der Waals surface area contributed by atoms with Gasteiger partial charge in [-0.1, -0.05) is 13.8 Å². The van der Waals surface area contributed by atoms with E-state index in [-0.39, 0.29) is 29.5 Å². The highest BCUT2D eigenvalue weighted by atomic mass is 32.1. The molecule has 1 N–H and O–H groups in total. The highest BCUT2D eigenvalue weighted by Crippen LogP contribution is 2.36. The lowest BCUT2D eigenvalue weighted by atomic mass is 10.1. The van der Waals surface area contributed by atoms with Gasteiger partial charge in [0.15, 0.2) is 0 Å². The molecule has 9 heteroatoms. The number of esters is 1. The summed E-state index contributed by atoms with van der Waals surface area (Å²) in [6.45, 7) is 5.01. The van der Waals surface area contributed by atoms with Crippen molar-refractivity contribution in [2.24, 2.45) is 5.92 Å². The van der Waals surface area contributed by atoms with E-state index in [4.69, 9.17) is 4.74 Å². The molecule has 3 heterocycles. The molecule has 1 aliphatic rings. The van der Waals surface area contributed by atoms with Gasteiger partial charge in [-0.3, -0.25) is 9.59 Å². The van der Waals surface area contributed by atoms with Crippen LogP contribution in [0.2, 0.25) is 0 Å². The molecule has 2 aromatic heterocycles. The van der Waals surface area contributed by atoms with Crippen LogP contribution in [0, 0.1) is 5.92 Å². The summed E-state index contributed by atoms with van der Waals surface area (Å²) in [6.07, 6.45) is -1.22. The predicted molar refractivity (Wildman–Crippen MR) is 109 cm³/mol. The third-order valence-corrected chi connectivity index (χ3v) is 5.90. The van der Waals surface area contributed by atoms with Crippen LogP contribution in [0.5, 0.6) is 0 Å². The average Bonchev–Trinajstić information content (AvgIpc) is 3.10. The molecular weight excluding hydrogens is 400 g/mol. The predicted octanol–water partition coefficient (Wildman–Crippen LogP) is 4.15. The first-order chi connectivity index (χ1) is 13.8. The molecule has 1 aliphatic heterocycles. The molecule has 0 unspecified atom stereocenters. The highest BCUT2D eigenvalue weighted by molar-refractivity contribution is 7.17. The number of hydrogen-bond acceptors (Lipinski definition) is 6. The van der Waals surface area contributed by atoms with Crippen molar-refractivity contribution >= 4 is 39.2 Å². The third-order valence-electron chi connectivity index (χ3n) is 4.88. The number of halogens is 2. The maximum Gasteiger partial charge on any atom is 0.306 e. The minimum atomic E-state index is -2.66. The second kappa shape index (κ2) is 9.02. The van der Waals surface area contributed by atoms with E-state index in [1.54, 1.807) is 5.38 Å². The number of nitrogens with one attached hydrogen (secondary N) is 1. The number of anilines is 1. The van der Waals surface area contributed by atoms with Gasteiger partial charge in [0.2, 0.25) is 0 Å². The summed E-state index contributed by atoms with van der Waals surface area (Å²) in [5.74, 6) is 0.109. The average molecular weight is 426 g/mol. The van der Waals surface area contributed by atoms with Crippen LogP contribution in [0.1, 0.15) is 55.5 Å². The van der Waals surface area contributed by atoms with E-state index in [9.17, 15) is 18.4 Å². The van der Waals surface area contributed by atoms with Crippen molar-refractivity contribution in [3.63, 3.8) is 0 Å². The molecule has 0 saturated carbocycles. The number of aromatic nitrogens is 1. The Bertz CT molecular complexity index is 892. The molecule has 0 spiro atoms. The molecule has 29 heavy (non-hydrogen) atoms. The first-order valence-electron chi connectivity index (χ1n) is 9.67. The van der Waals surface area contributed by atoms with Crippen LogP contribution in [-0.2, 0) is 9.53 Å². The first kappa shape index (κ1) is 21.4. The second-order valence-electron chi connectivity index (χ2n) is 7.55. The van der Waals surface area contributed by atoms with Gasteiger partial charge in [-0.15, -0.1) is 11.3 Å². The molecule has 2 aromatic rings. The molecule has 1 saturated heterocycles. The van der Waals surface area contributed by atoms with E-state index in [1.165, 1.54) is 13.1 Å². The van der Waals surface area contributed by atoms with Crippen LogP contribution in [0.25, 0.3) is 10.2 Å². The molecule has 3 rings (SSSR count). The minimum absolute atomic E-state index is 0.115. The number of ether oxygens (including phenoxy) is 1. The summed E-state index contributed by atoms with van der Waals surface area (Å²) in [4.78, 5) is 30.4. The number of fused-ring (bicyclic) bond motifs is 1. The molecule has 0 bridgehead atoms. The van der Waals surface area contributed by atoms with E-state index in [0.717, 1.165) is 11.3 Å². The standard InChI is InChI=1S/C20H25F2N3O3S/c1-11(2)8-16(26)28-12-4-6-25(7-5-12)15-9-13(19(21)22)18-17(24-15)14(10-29-18)20(27)23-3/h9-12,19H,4-8H2,1-3H3,(H,23,27). The van der Waals surface area contributed by atoms with Crippen molar-refractivity contribution in [3.8, 4) is 0 Å². The topological polar surface area (TPSA) is 71.5 Å². The van der Waals surface area contributed by atoms with E-state index < -0.39 is 6.43 Å². The SMILES string of the molecule is CNC(=O)c1csc2c(C(F)F)cc(N3CCC(OC(=O)CC(C)C)CC3)nc12. The van der Waals surface area contributed by atoms with Crippen molar-refractivity contribution in [1.29, 1.82) is 0 Å². The molecule has 0 aliphatic carbocycles. The molecule has 1 amide bonds. The molecule has 6 nitrogen and oxygen atoms in total. The van der Waals surface area contributed by atoms with Crippen LogP contribution in [0.4, 0.5) is 14.6 Å². The first-order valence-corrected chi connectivity index (χ1v) is 10.5. The van der Waals surface area contributed by atoms with Gasteiger partial charge in [0.05, 0.1) is 15.8 Å². The lowest BCUT2D eigenvalue weighted by Crippen LogP contribution is -2.38. The summed E-state index contributed by atoms with van der Waals surface area (Å²) in [5.41, 5.74) is 0.483. The number of rotatable bonds is 6. The normalized spacial score (nSPS) is 15.3. The van der Waals surface area contributed by atoms with Gasteiger partial charge in [-0.2, -0.15) is 0 Å². The molecule has 1 fully saturated rings. The molecule has 0 aromatic carbocycles. The summed E-state index contributed by atoms with van der Waals surface area (Å²) >= 11 is 1.10. The smallest absolute Gasteiger partial charge is 0.306 e. The Hall–Kier alpha value is -2.29. The van der Waals surface area contributed by atoms with Crippen molar-refractivity contribution in [3.05, 3.63) is 22.6 Å². The van der Waals surface area contributed by atoms with E-state index in [1.807, 2.05) is 18.7 Å². The van der Waals surface area contributed by atoms with Crippen LogP contribution in [0.15, 0.2) is 11.4 Å². The number of pyridine rings is 1. The summed E-state index contributed by atoms with van der Waals surface area (Å²) in [5, 5.41) is 4.08. The number of hydrogen-bond donors (Lipinski definition) is 1. The number of thiophene rings is 1. The van der Waals surface area contributed by atoms with Gasteiger partial charge in [-0.25, -0.2) is 13.8 Å². The maximum absolute atomic E-state index is 13.6. The van der Waals surface area contributed by atoms with Gasteiger partial charge in [0.1, 0.15) is 11.9 Å². The Labute approximate surface area is 172 Å². The Morgan fingerprint density at radius 2 is 2.03 bits per heavy atom. The Balaban J connectivity index is 1.80. The van der Waals surface area contributed by atoms with Crippen molar-refractivity contribution in [2.75, 3.05) is 25.0 Å². The van der Waals surface area contributed by atoms with Crippen molar-refractivity contribution in [2.45, 2.75) is 45.6 Å². The van der Waals surface area contributed by atoms with Crippen molar-refractivity contribution < 1.29 is 23.1 Å². The summed E-state index contributed by atoms with van der Waals surface area (Å²) < 4.78 is 33.1. The van der Waals surface area contributed by atoms with Crippen LogP contribution >= 0.6 is 11.3 Å².